The number of benzene rings is 2. The number of hydrogen-bond acceptors (Lipinski definition) is 2. The molecular weight excluding hydrogens is 286 g/mol. The number of carbonyl (C=O) groups excluding carboxylic acids is 2. The van der Waals surface area contributed by atoms with Crippen molar-refractivity contribution in [2.45, 2.75) is 26.2 Å². The van der Waals surface area contributed by atoms with Crippen LogP contribution in [0.1, 0.15) is 42.1 Å². The fourth-order valence-electron chi connectivity index (χ4n) is 3.50. The minimum absolute atomic E-state index is 0.0288. The van der Waals surface area contributed by atoms with E-state index in [9.17, 15) is 9.59 Å². The lowest BCUT2D eigenvalue weighted by Crippen LogP contribution is -2.42. The van der Waals surface area contributed by atoms with Crippen LogP contribution in [0, 0.1) is 5.41 Å². The first kappa shape index (κ1) is 15.5. The molecule has 0 fully saturated rings. The molecule has 0 bridgehead atoms. The van der Waals surface area contributed by atoms with Crippen molar-refractivity contribution in [1.29, 1.82) is 0 Å². The minimum Gasteiger partial charge on any atom is -0.314 e. The van der Waals surface area contributed by atoms with Gasteiger partial charge in [-0.3, -0.25) is 9.59 Å². The zero-order valence-electron chi connectivity index (χ0n) is 13.7. The van der Waals surface area contributed by atoms with Gasteiger partial charge in [-0.25, -0.2) is 0 Å². The lowest BCUT2D eigenvalue weighted by Gasteiger charge is -2.38. The Balaban J connectivity index is 2.17. The lowest BCUT2D eigenvalue weighted by molar-refractivity contribution is -0.122. The Morgan fingerprint density at radius 2 is 1.57 bits per heavy atom. The van der Waals surface area contributed by atoms with Crippen LogP contribution < -0.4 is 4.90 Å². The van der Waals surface area contributed by atoms with Crippen molar-refractivity contribution >= 4 is 17.4 Å². The quantitative estimate of drug-likeness (QED) is 0.797. The number of nitrogens with zero attached hydrogens (tertiary/aromatic N) is 1. The third-order valence-electron chi connectivity index (χ3n) is 4.67. The molecule has 0 saturated heterocycles. The summed E-state index contributed by atoms with van der Waals surface area (Å²) in [5.74, 6) is -0.224. The molecule has 0 spiro atoms. The maximum absolute atomic E-state index is 13.2. The summed E-state index contributed by atoms with van der Waals surface area (Å²) in [5.41, 5.74) is 1.83. The summed E-state index contributed by atoms with van der Waals surface area (Å²) in [6.07, 6.45) is 0.350. The molecule has 118 valence electrons. The van der Waals surface area contributed by atoms with Gasteiger partial charge in [0.1, 0.15) is 0 Å². The molecule has 3 rings (SSSR count). The van der Waals surface area contributed by atoms with Crippen LogP contribution in [0.4, 0.5) is 5.69 Å². The van der Waals surface area contributed by atoms with Gasteiger partial charge in [0.2, 0.25) is 5.91 Å². The first-order valence-electron chi connectivity index (χ1n) is 7.86. The van der Waals surface area contributed by atoms with Crippen molar-refractivity contribution in [3.63, 3.8) is 0 Å². The van der Waals surface area contributed by atoms with Gasteiger partial charge in [-0.2, -0.15) is 0 Å². The molecule has 1 aliphatic rings. The highest BCUT2D eigenvalue weighted by Gasteiger charge is 2.42. The van der Waals surface area contributed by atoms with E-state index in [0.29, 0.717) is 17.7 Å². The molecule has 1 unspecified atom stereocenters. The molecule has 1 atom stereocenters. The van der Waals surface area contributed by atoms with Crippen LogP contribution >= 0.6 is 0 Å². The van der Waals surface area contributed by atoms with Crippen molar-refractivity contribution < 1.29 is 9.59 Å². The summed E-state index contributed by atoms with van der Waals surface area (Å²) < 4.78 is 0. The van der Waals surface area contributed by atoms with Crippen LogP contribution in [-0.2, 0) is 4.79 Å². The summed E-state index contributed by atoms with van der Waals surface area (Å²) >= 11 is 0. The van der Waals surface area contributed by atoms with Gasteiger partial charge in [-0.1, -0.05) is 56.3 Å². The molecule has 0 radical (unpaired) electrons. The molecule has 0 saturated carbocycles. The number of carbonyl (C=O) groups is 2. The van der Waals surface area contributed by atoms with Gasteiger partial charge in [0.05, 0.1) is 11.6 Å². The van der Waals surface area contributed by atoms with Gasteiger partial charge in [0.15, 0.2) is 5.78 Å². The number of para-hydroxylation sites is 1. The molecule has 1 amide bonds. The summed E-state index contributed by atoms with van der Waals surface area (Å²) in [7, 11) is 1.76. The van der Waals surface area contributed by atoms with E-state index in [0.717, 1.165) is 5.56 Å². The largest absolute Gasteiger partial charge is 0.314 e. The predicted molar refractivity (Wildman–Crippen MR) is 91.8 cm³/mol. The zero-order valence-corrected chi connectivity index (χ0v) is 13.7. The molecular formula is C20H21NO2. The highest BCUT2D eigenvalue weighted by atomic mass is 16.2. The van der Waals surface area contributed by atoms with E-state index in [2.05, 4.69) is 0 Å². The fourth-order valence-corrected chi connectivity index (χ4v) is 3.50. The third kappa shape index (κ3) is 2.67. The lowest BCUT2D eigenvalue weighted by atomic mass is 9.69. The smallest absolute Gasteiger partial charge is 0.234 e. The molecule has 0 aliphatic carbocycles. The third-order valence-corrected chi connectivity index (χ3v) is 4.67. The SMILES string of the molecule is CN1C(=O)C(c2ccccc2)C(C)(C)CC(=O)c2ccccc21. The monoisotopic (exact) mass is 307 g/mol. The number of likely N-dealkylation sites (N-methyl/N-ethyl adjacent to an activating group) is 1. The molecule has 1 aliphatic heterocycles. The number of rotatable bonds is 1. The Morgan fingerprint density at radius 3 is 2.26 bits per heavy atom. The van der Waals surface area contributed by atoms with Gasteiger partial charge in [0, 0.05) is 19.0 Å². The summed E-state index contributed by atoms with van der Waals surface area (Å²) in [5, 5.41) is 0. The zero-order chi connectivity index (χ0) is 16.6. The van der Waals surface area contributed by atoms with Gasteiger partial charge < -0.3 is 4.90 Å². The van der Waals surface area contributed by atoms with E-state index < -0.39 is 5.41 Å². The van der Waals surface area contributed by atoms with Crippen LogP contribution in [0.15, 0.2) is 54.6 Å². The molecule has 2 aromatic carbocycles. The Bertz CT molecular complexity index is 749. The first-order chi connectivity index (χ1) is 10.9. The topological polar surface area (TPSA) is 37.4 Å². The number of amides is 1. The first-order valence-corrected chi connectivity index (χ1v) is 7.86. The summed E-state index contributed by atoms with van der Waals surface area (Å²) in [6, 6.07) is 17.1. The number of fused-ring (bicyclic) bond motifs is 1. The van der Waals surface area contributed by atoms with E-state index in [4.69, 9.17) is 0 Å². The van der Waals surface area contributed by atoms with Crippen molar-refractivity contribution in [2.75, 3.05) is 11.9 Å². The van der Waals surface area contributed by atoms with E-state index in [1.165, 1.54) is 0 Å². The van der Waals surface area contributed by atoms with Gasteiger partial charge >= 0.3 is 0 Å². The van der Waals surface area contributed by atoms with Gasteiger partial charge in [0.25, 0.3) is 0 Å². The van der Waals surface area contributed by atoms with Crippen LogP contribution in [0.25, 0.3) is 0 Å². The van der Waals surface area contributed by atoms with E-state index in [-0.39, 0.29) is 17.6 Å². The molecule has 1 heterocycles. The average molecular weight is 307 g/mol. The molecule has 2 aromatic rings. The van der Waals surface area contributed by atoms with Crippen LogP contribution in [-0.4, -0.2) is 18.7 Å². The van der Waals surface area contributed by atoms with Crippen LogP contribution in [0.3, 0.4) is 0 Å². The van der Waals surface area contributed by atoms with Crippen molar-refractivity contribution in [1.82, 2.24) is 0 Å². The average Bonchev–Trinajstić information content (AvgIpc) is 2.53. The number of Topliss-reactive ketones (excluding diaryl/α,β-unsaturated/α-hetero) is 1. The summed E-state index contributed by atoms with van der Waals surface area (Å²) in [6.45, 7) is 4.00. The van der Waals surface area contributed by atoms with E-state index in [1.807, 2.05) is 62.4 Å². The maximum atomic E-state index is 13.2. The second-order valence-electron chi connectivity index (χ2n) is 6.85. The Hall–Kier alpha value is -2.42. The van der Waals surface area contributed by atoms with Crippen molar-refractivity contribution in [3.05, 3.63) is 65.7 Å². The maximum Gasteiger partial charge on any atom is 0.234 e. The molecule has 0 N–H and O–H groups in total. The molecule has 23 heavy (non-hydrogen) atoms. The van der Waals surface area contributed by atoms with Crippen LogP contribution in [0.5, 0.6) is 0 Å². The van der Waals surface area contributed by atoms with Crippen LogP contribution in [0.2, 0.25) is 0 Å². The highest BCUT2D eigenvalue weighted by Crippen LogP contribution is 2.43. The van der Waals surface area contributed by atoms with E-state index >= 15 is 0 Å². The highest BCUT2D eigenvalue weighted by molar-refractivity contribution is 6.09. The number of ketones is 1. The second kappa shape index (κ2) is 5.65. The predicted octanol–water partition coefficient (Wildman–Crippen LogP) is 4.05. The van der Waals surface area contributed by atoms with Crippen molar-refractivity contribution in [2.24, 2.45) is 5.41 Å². The molecule has 3 heteroatoms. The Labute approximate surface area is 136 Å². The standard InChI is InChI=1S/C20H21NO2/c1-20(2)13-17(22)15-11-7-8-12-16(15)21(3)19(23)18(20)14-9-5-4-6-10-14/h4-12,18H,13H2,1-3H3. The fraction of sp³-hybridized carbons (Fsp3) is 0.300. The second-order valence-corrected chi connectivity index (χ2v) is 6.85. The van der Waals surface area contributed by atoms with Gasteiger partial charge in [-0.15, -0.1) is 0 Å². The minimum atomic E-state index is -0.447. The number of hydrogen-bond donors (Lipinski definition) is 0. The Kier molecular flexibility index (Phi) is 3.80. The Morgan fingerprint density at radius 1 is 0.957 bits per heavy atom. The normalized spacial score (nSPS) is 20.7. The number of anilines is 1. The summed E-state index contributed by atoms with van der Waals surface area (Å²) in [4.78, 5) is 27.6. The molecule has 3 nitrogen and oxygen atoms in total. The van der Waals surface area contributed by atoms with Crippen molar-refractivity contribution in [3.8, 4) is 0 Å². The van der Waals surface area contributed by atoms with E-state index in [1.54, 1.807) is 18.0 Å². The molecule has 0 aromatic heterocycles. The van der Waals surface area contributed by atoms with Gasteiger partial charge in [-0.05, 0) is 23.1 Å².